The molecule has 0 aromatic rings. The van der Waals surface area contributed by atoms with Crippen LogP contribution in [0.5, 0.6) is 0 Å². The van der Waals surface area contributed by atoms with Gasteiger partial charge in [0.15, 0.2) is 0 Å². The fourth-order valence-electron chi connectivity index (χ4n) is 0. The molecule has 0 heterocycles. The zero-order valence-corrected chi connectivity index (χ0v) is 6.89. The third kappa shape index (κ3) is 76.4. The zero-order valence-electron chi connectivity index (χ0n) is 4.76. The molecule has 0 aromatic carbocycles. The predicted molar refractivity (Wildman–Crippen MR) is 16.9 cm³/mol. The molecule has 0 amide bonds. The molecule has 0 aromatic heterocycles. The van der Waals surface area contributed by atoms with Gasteiger partial charge in [0.05, 0.1) is 0 Å². The van der Waals surface area contributed by atoms with Gasteiger partial charge in [0.2, 0.25) is 0 Å². The molecule has 0 saturated heterocycles. The molecule has 0 bridgehead atoms. The summed E-state index contributed by atoms with van der Waals surface area (Å²) in [5.41, 5.74) is 0. The third-order valence-corrected chi connectivity index (χ3v) is 0. The van der Waals surface area contributed by atoms with Crippen LogP contribution in [-0.4, -0.2) is 11.1 Å². The normalized spacial score (nSPS) is 4.17. The van der Waals surface area contributed by atoms with E-state index in [9.17, 15) is 0 Å². The maximum absolute atomic E-state index is 9.00. The molecule has 0 fully saturated rings. The van der Waals surface area contributed by atoms with Crippen LogP contribution in [0.3, 0.4) is 0 Å². The van der Waals surface area contributed by atoms with Crippen LogP contribution in [0.15, 0.2) is 0 Å². The van der Waals surface area contributed by atoms with Crippen LogP contribution in [0.2, 0.25) is 0 Å². The number of carbonyl (C=O) groups is 1. The van der Waals surface area contributed by atoms with Crippen LogP contribution in [0, 0.1) is 0 Å². The minimum Gasteiger partial charge on any atom is -1.00 e. The van der Waals surface area contributed by atoms with Crippen molar-refractivity contribution in [3.63, 3.8) is 0 Å². The Labute approximate surface area is 79.2 Å². The Morgan fingerprint density at radius 2 is 1.83 bits per heavy atom. The van der Waals surface area contributed by atoms with Crippen LogP contribution >= 0.6 is 0 Å². The van der Waals surface area contributed by atoms with Gasteiger partial charge in [0.25, 0.3) is 5.97 Å². The van der Waals surface area contributed by atoms with Gasteiger partial charge in [0.1, 0.15) is 0 Å². The maximum Gasteiger partial charge on any atom is 1.00 e. The number of rotatable bonds is 0. The van der Waals surface area contributed by atoms with E-state index >= 15 is 0 Å². The largest absolute Gasteiger partial charge is 1.00 e. The Morgan fingerprint density at radius 1 is 1.83 bits per heavy atom. The van der Waals surface area contributed by atoms with Gasteiger partial charge in [-0.15, -0.1) is 0 Å². The molecule has 0 aliphatic heterocycles. The number of halogens is 1. The zero-order chi connectivity index (χ0) is 3.58. The van der Waals surface area contributed by atoms with E-state index in [1.54, 1.807) is 0 Å². The van der Waals surface area contributed by atoms with E-state index in [1.807, 2.05) is 0 Å². The van der Waals surface area contributed by atoms with Crippen LogP contribution in [-0.2, 0) is 4.79 Å². The summed E-state index contributed by atoms with van der Waals surface area (Å²) in [6.07, 6.45) is 0. The molecule has 0 unspecified atom stereocenters. The van der Waals surface area contributed by atoms with Crippen molar-refractivity contribution in [2.75, 3.05) is 0 Å². The topological polar surface area (TPSA) is 37.3 Å². The van der Waals surface area contributed by atoms with Crippen molar-refractivity contribution in [2.24, 2.45) is 0 Å². The van der Waals surface area contributed by atoms with E-state index in [0.29, 0.717) is 0 Å². The third-order valence-electron chi connectivity index (χ3n) is 0. The maximum atomic E-state index is 9.00. The summed E-state index contributed by atoms with van der Waals surface area (Å²) in [6, 6.07) is 0. The summed E-state index contributed by atoms with van der Waals surface area (Å²) in [5.74, 6) is -0.833. The average Bonchev–Trinajstić information content (AvgIpc) is 0.811. The van der Waals surface area contributed by atoms with E-state index < -0.39 is 5.97 Å². The summed E-state index contributed by atoms with van der Waals surface area (Å²) < 4.78 is 0. The first-order valence-electron chi connectivity index (χ1n) is 0.928. The molecule has 0 radical (unpaired) electrons. The smallest absolute Gasteiger partial charge is 1.00 e. The van der Waals surface area contributed by atoms with Crippen LogP contribution in [0.4, 0.5) is 4.70 Å². The Kier molecular flexibility index (Phi) is 24.6. The van der Waals surface area contributed by atoms with Crippen molar-refractivity contribution in [3.05, 3.63) is 0 Å². The van der Waals surface area contributed by atoms with Crippen LogP contribution in [0.25, 0.3) is 0 Å². The van der Waals surface area contributed by atoms with E-state index in [0.717, 1.165) is 6.92 Å². The average molecular weight is 120 g/mol. The SMILES string of the molecule is CC(=O)O.F.[H-].[K+]. The molecule has 0 rings (SSSR count). The van der Waals surface area contributed by atoms with Crippen molar-refractivity contribution < 1.29 is 67.4 Å². The van der Waals surface area contributed by atoms with Gasteiger partial charge in [-0.2, -0.15) is 0 Å². The van der Waals surface area contributed by atoms with Crippen LogP contribution < -0.4 is 51.4 Å². The Balaban J connectivity index is -0.0000000150. The Morgan fingerprint density at radius 3 is 1.83 bits per heavy atom. The van der Waals surface area contributed by atoms with Gasteiger partial charge in [0, 0.05) is 6.92 Å². The molecule has 1 N–H and O–H groups in total. The minimum atomic E-state index is -0.833. The predicted octanol–water partition coefficient (Wildman–Crippen LogP) is -2.64. The number of hydrogen-bond donors (Lipinski definition) is 1. The molecule has 4 heteroatoms. The summed E-state index contributed by atoms with van der Waals surface area (Å²) in [5, 5.41) is 7.42. The van der Waals surface area contributed by atoms with Gasteiger partial charge in [-0.25, -0.2) is 0 Å². The van der Waals surface area contributed by atoms with Gasteiger partial charge in [-0.3, -0.25) is 9.50 Å². The first-order chi connectivity index (χ1) is 1.73. The summed E-state index contributed by atoms with van der Waals surface area (Å²) in [7, 11) is 0. The van der Waals surface area contributed by atoms with E-state index in [-0.39, 0.29) is 57.5 Å². The second kappa shape index (κ2) is 9.40. The molecular formula is C2H6FKO2. The van der Waals surface area contributed by atoms with E-state index in [1.165, 1.54) is 0 Å². The van der Waals surface area contributed by atoms with E-state index in [4.69, 9.17) is 9.90 Å². The fraction of sp³-hybridized carbons (Fsp3) is 0.500. The fourth-order valence-corrected chi connectivity index (χ4v) is 0. The van der Waals surface area contributed by atoms with Gasteiger partial charge in [-0.1, -0.05) is 0 Å². The molecule has 0 saturated carbocycles. The first-order valence-corrected chi connectivity index (χ1v) is 0.928. The molecule has 2 nitrogen and oxygen atoms in total. The van der Waals surface area contributed by atoms with Crippen molar-refractivity contribution in [3.8, 4) is 0 Å². The molecular weight excluding hydrogens is 114 g/mol. The van der Waals surface area contributed by atoms with Gasteiger partial charge < -0.3 is 6.53 Å². The molecule has 0 aliphatic rings. The van der Waals surface area contributed by atoms with Gasteiger partial charge >= 0.3 is 51.4 Å². The van der Waals surface area contributed by atoms with Gasteiger partial charge in [-0.05, 0) is 0 Å². The standard InChI is InChI=1S/C2H4O2.FH.K.H/c1-2(3)4;;;/h1H3,(H,3,4);1H;;/q;;+1;-1. The van der Waals surface area contributed by atoms with Crippen molar-refractivity contribution in [1.82, 2.24) is 0 Å². The van der Waals surface area contributed by atoms with Crippen molar-refractivity contribution in [2.45, 2.75) is 6.92 Å². The molecule has 0 aliphatic carbocycles. The number of carboxylic acid groups (broad SMARTS) is 1. The summed E-state index contributed by atoms with van der Waals surface area (Å²) in [4.78, 5) is 9.00. The molecule has 6 heavy (non-hydrogen) atoms. The second-order valence-corrected chi connectivity index (χ2v) is 0.519. The van der Waals surface area contributed by atoms with Crippen LogP contribution in [0.1, 0.15) is 8.35 Å². The first kappa shape index (κ1) is 15.7. The van der Waals surface area contributed by atoms with Crippen molar-refractivity contribution >= 4 is 5.97 Å². The Bertz CT molecular complexity index is 38.7. The molecule has 0 spiro atoms. The summed E-state index contributed by atoms with van der Waals surface area (Å²) in [6.45, 7) is 1.08. The minimum absolute atomic E-state index is 0. The molecule has 0 atom stereocenters. The molecule has 34 valence electrons. The second-order valence-electron chi connectivity index (χ2n) is 0.519. The van der Waals surface area contributed by atoms with E-state index in [2.05, 4.69) is 0 Å². The monoisotopic (exact) mass is 120 g/mol. The number of carboxylic acids is 1. The number of aliphatic carboxylic acids is 1. The Hall–Kier alpha value is 1.04. The van der Waals surface area contributed by atoms with Crippen molar-refractivity contribution in [1.29, 1.82) is 0 Å². The summed E-state index contributed by atoms with van der Waals surface area (Å²) >= 11 is 0. The quantitative estimate of drug-likeness (QED) is 0.355. The number of hydrogen-bond acceptors (Lipinski definition) is 1.